The molecule has 0 aliphatic heterocycles. The van der Waals surface area contributed by atoms with Crippen molar-refractivity contribution in [2.45, 2.75) is 18.4 Å². The number of nitriles is 1. The summed E-state index contributed by atoms with van der Waals surface area (Å²) in [5, 5.41) is 12.9. The highest BCUT2D eigenvalue weighted by Gasteiger charge is 2.09. The predicted molar refractivity (Wildman–Crippen MR) is 110 cm³/mol. The van der Waals surface area contributed by atoms with Crippen molar-refractivity contribution in [3.8, 4) is 17.3 Å². The molecule has 0 atom stereocenters. The van der Waals surface area contributed by atoms with Gasteiger partial charge in [-0.2, -0.15) is 5.26 Å². The Morgan fingerprint density at radius 1 is 1.11 bits per heavy atom. The fourth-order valence-corrected chi connectivity index (χ4v) is 3.50. The fourth-order valence-electron chi connectivity index (χ4n) is 2.59. The molecule has 0 bridgehead atoms. The minimum absolute atomic E-state index is 0.0502. The highest BCUT2D eigenvalue weighted by Crippen LogP contribution is 2.25. The van der Waals surface area contributed by atoms with Gasteiger partial charge in [0.25, 0.3) is 0 Å². The van der Waals surface area contributed by atoms with Crippen molar-refractivity contribution >= 4 is 23.4 Å². The Labute approximate surface area is 163 Å². The lowest BCUT2D eigenvalue weighted by atomic mass is 10.1. The minimum Gasteiger partial charge on any atom is -0.326 e. The van der Waals surface area contributed by atoms with Gasteiger partial charge >= 0.3 is 0 Å². The first-order valence-corrected chi connectivity index (χ1v) is 9.60. The number of hydrogen-bond donors (Lipinski definition) is 1. The first-order valence-electron chi connectivity index (χ1n) is 8.61. The van der Waals surface area contributed by atoms with Crippen molar-refractivity contribution in [1.82, 2.24) is 4.98 Å². The Hall–Kier alpha value is -3.10. The number of rotatable bonds is 6. The number of anilines is 1. The maximum Gasteiger partial charge on any atom is 0.225 e. The molecule has 0 saturated heterocycles. The number of amides is 1. The van der Waals surface area contributed by atoms with Crippen LogP contribution in [0.25, 0.3) is 11.3 Å². The molecular formula is C22H19N3OS. The van der Waals surface area contributed by atoms with E-state index in [4.69, 9.17) is 0 Å². The number of pyridine rings is 1. The summed E-state index contributed by atoms with van der Waals surface area (Å²) >= 11 is 1.43. The van der Waals surface area contributed by atoms with Gasteiger partial charge in [-0.1, -0.05) is 42.5 Å². The average Bonchev–Trinajstić information content (AvgIpc) is 2.68. The lowest BCUT2D eigenvalue weighted by Gasteiger charge is -2.08. The largest absolute Gasteiger partial charge is 0.326 e. The van der Waals surface area contributed by atoms with Gasteiger partial charge in [0, 0.05) is 23.4 Å². The van der Waals surface area contributed by atoms with Gasteiger partial charge in [-0.05, 0) is 36.8 Å². The van der Waals surface area contributed by atoms with Gasteiger partial charge in [-0.15, -0.1) is 11.8 Å². The highest BCUT2D eigenvalue weighted by atomic mass is 32.2. The zero-order valence-corrected chi connectivity index (χ0v) is 15.8. The first-order chi connectivity index (χ1) is 13.2. The topological polar surface area (TPSA) is 65.8 Å². The zero-order valence-electron chi connectivity index (χ0n) is 15.0. The van der Waals surface area contributed by atoms with Gasteiger partial charge < -0.3 is 5.32 Å². The first kappa shape index (κ1) is 18.7. The van der Waals surface area contributed by atoms with E-state index in [1.165, 1.54) is 11.8 Å². The molecule has 0 unspecified atom stereocenters. The molecule has 1 heterocycles. The third kappa shape index (κ3) is 5.19. The van der Waals surface area contributed by atoms with Crippen molar-refractivity contribution in [2.75, 3.05) is 11.1 Å². The molecule has 0 aliphatic carbocycles. The fraction of sp³-hybridized carbons (Fsp3) is 0.136. The third-order valence-electron chi connectivity index (χ3n) is 3.92. The second-order valence-electron chi connectivity index (χ2n) is 6.04. The standard InChI is InChI=1S/C22H19N3OS/c1-16-6-5-9-19(14-16)24-21(26)12-13-27-22-18(15-23)10-11-20(25-22)17-7-3-2-4-8-17/h2-11,14H,12-13H2,1H3,(H,24,26). The van der Waals surface area contributed by atoms with Crippen LogP contribution in [0.15, 0.2) is 71.8 Å². The maximum atomic E-state index is 12.1. The average molecular weight is 373 g/mol. The van der Waals surface area contributed by atoms with Gasteiger partial charge in [0.2, 0.25) is 5.91 Å². The number of hydrogen-bond acceptors (Lipinski definition) is 4. The number of nitrogens with one attached hydrogen (secondary N) is 1. The Morgan fingerprint density at radius 2 is 1.93 bits per heavy atom. The second kappa shape index (κ2) is 9.02. The van der Waals surface area contributed by atoms with Crippen LogP contribution in [-0.2, 0) is 4.79 Å². The molecule has 1 aromatic heterocycles. The molecule has 1 N–H and O–H groups in total. The van der Waals surface area contributed by atoms with Gasteiger partial charge in [0.15, 0.2) is 0 Å². The number of carbonyl (C=O) groups is 1. The number of aromatic nitrogens is 1. The van der Waals surface area contributed by atoms with E-state index in [0.717, 1.165) is 22.5 Å². The van der Waals surface area contributed by atoms with Gasteiger partial charge in [-0.25, -0.2) is 4.98 Å². The van der Waals surface area contributed by atoms with Crippen LogP contribution >= 0.6 is 11.8 Å². The van der Waals surface area contributed by atoms with Crippen molar-refractivity contribution in [2.24, 2.45) is 0 Å². The number of carbonyl (C=O) groups excluding carboxylic acids is 1. The second-order valence-corrected chi connectivity index (χ2v) is 7.13. The Bertz CT molecular complexity index is 980. The molecule has 0 aliphatic rings. The summed E-state index contributed by atoms with van der Waals surface area (Å²) in [6.07, 6.45) is 0.348. The number of aryl methyl sites for hydroxylation is 1. The van der Waals surface area contributed by atoms with Crippen LogP contribution in [0.5, 0.6) is 0 Å². The molecular weight excluding hydrogens is 354 g/mol. The van der Waals surface area contributed by atoms with E-state index >= 15 is 0 Å². The van der Waals surface area contributed by atoms with E-state index < -0.39 is 0 Å². The van der Waals surface area contributed by atoms with E-state index in [0.29, 0.717) is 22.8 Å². The van der Waals surface area contributed by atoms with Crippen molar-refractivity contribution < 1.29 is 4.79 Å². The number of benzene rings is 2. The van der Waals surface area contributed by atoms with Crippen LogP contribution < -0.4 is 5.32 Å². The summed E-state index contributed by atoms with van der Waals surface area (Å²) in [7, 11) is 0. The van der Waals surface area contributed by atoms with Crippen molar-refractivity contribution in [3.05, 3.63) is 77.9 Å². The third-order valence-corrected chi connectivity index (χ3v) is 4.91. The summed E-state index contributed by atoms with van der Waals surface area (Å²) < 4.78 is 0. The van der Waals surface area contributed by atoms with Gasteiger partial charge in [0.05, 0.1) is 11.3 Å². The van der Waals surface area contributed by atoms with Crippen LogP contribution in [0.1, 0.15) is 17.5 Å². The van der Waals surface area contributed by atoms with Crippen molar-refractivity contribution in [3.63, 3.8) is 0 Å². The van der Waals surface area contributed by atoms with E-state index in [1.807, 2.05) is 67.6 Å². The molecule has 134 valence electrons. The molecule has 0 saturated carbocycles. The Kier molecular flexibility index (Phi) is 6.24. The smallest absolute Gasteiger partial charge is 0.225 e. The lowest BCUT2D eigenvalue weighted by molar-refractivity contribution is -0.115. The molecule has 4 nitrogen and oxygen atoms in total. The van der Waals surface area contributed by atoms with Gasteiger partial charge in [0.1, 0.15) is 11.1 Å². The summed E-state index contributed by atoms with van der Waals surface area (Å²) in [4.78, 5) is 16.8. The van der Waals surface area contributed by atoms with Crippen LogP contribution in [0.3, 0.4) is 0 Å². The van der Waals surface area contributed by atoms with E-state index in [2.05, 4.69) is 16.4 Å². The Morgan fingerprint density at radius 3 is 2.67 bits per heavy atom. The minimum atomic E-state index is -0.0502. The van der Waals surface area contributed by atoms with Crippen LogP contribution in [0, 0.1) is 18.3 Å². The molecule has 2 aromatic carbocycles. The number of thioether (sulfide) groups is 1. The normalized spacial score (nSPS) is 10.2. The summed E-state index contributed by atoms with van der Waals surface area (Å²) in [5.41, 5.74) is 4.25. The lowest BCUT2D eigenvalue weighted by Crippen LogP contribution is -2.12. The highest BCUT2D eigenvalue weighted by molar-refractivity contribution is 7.99. The molecule has 3 rings (SSSR count). The SMILES string of the molecule is Cc1cccc(NC(=O)CCSc2nc(-c3ccccc3)ccc2C#N)c1. The predicted octanol–water partition coefficient (Wildman–Crippen LogP) is 5.05. The molecule has 0 fully saturated rings. The molecule has 0 radical (unpaired) electrons. The summed E-state index contributed by atoms with van der Waals surface area (Å²) in [6, 6.07) is 23.3. The van der Waals surface area contributed by atoms with E-state index in [-0.39, 0.29) is 5.91 Å². The maximum absolute atomic E-state index is 12.1. The number of nitrogens with zero attached hydrogens (tertiary/aromatic N) is 2. The molecule has 5 heteroatoms. The van der Waals surface area contributed by atoms with Crippen LogP contribution in [0.4, 0.5) is 5.69 Å². The monoisotopic (exact) mass is 373 g/mol. The summed E-state index contributed by atoms with van der Waals surface area (Å²) in [6.45, 7) is 1.99. The van der Waals surface area contributed by atoms with Crippen LogP contribution in [0.2, 0.25) is 0 Å². The summed E-state index contributed by atoms with van der Waals surface area (Å²) in [5.74, 6) is 0.503. The molecule has 1 amide bonds. The molecule has 3 aromatic rings. The quantitative estimate of drug-likeness (QED) is 0.614. The van der Waals surface area contributed by atoms with Crippen molar-refractivity contribution in [1.29, 1.82) is 5.26 Å². The van der Waals surface area contributed by atoms with E-state index in [9.17, 15) is 10.1 Å². The van der Waals surface area contributed by atoms with E-state index in [1.54, 1.807) is 6.07 Å². The molecule has 0 spiro atoms. The zero-order chi connectivity index (χ0) is 19.1. The van der Waals surface area contributed by atoms with Crippen LogP contribution in [-0.4, -0.2) is 16.6 Å². The Balaban J connectivity index is 1.63. The molecule has 27 heavy (non-hydrogen) atoms. The van der Waals surface area contributed by atoms with Gasteiger partial charge in [-0.3, -0.25) is 4.79 Å².